The maximum absolute atomic E-state index is 10.6. The highest BCUT2D eigenvalue weighted by atomic mass is 16.3. The number of aliphatic hydroxyl groups is 1. The minimum atomic E-state index is -0.115. The van der Waals surface area contributed by atoms with Crippen LogP contribution in [0.25, 0.3) is 0 Å². The van der Waals surface area contributed by atoms with E-state index in [1.165, 1.54) is 0 Å². The second kappa shape index (κ2) is 6.51. The Labute approximate surface area is 60.4 Å². The minimum Gasteiger partial charge on any atom is -0.396 e. The number of nitrogens with one attached hydrogen (secondary N) is 1. The van der Waals surface area contributed by atoms with Gasteiger partial charge in [-0.05, 0) is 13.0 Å². The van der Waals surface area contributed by atoms with Crippen LogP contribution in [0.1, 0.15) is 12.8 Å². The molecule has 60 valence electrons. The molecule has 0 bridgehead atoms. The van der Waals surface area contributed by atoms with Crippen LogP contribution in [0.4, 0.5) is 0 Å². The zero-order valence-electron chi connectivity index (χ0n) is 5.97. The number of hydrogen-bond acceptors (Lipinski definition) is 3. The van der Waals surface area contributed by atoms with E-state index in [1.807, 2.05) is 0 Å². The fourth-order valence-corrected chi connectivity index (χ4v) is 0.520. The van der Waals surface area contributed by atoms with Crippen molar-refractivity contribution in [1.82, 2.24) is 5.32 Å². The molecule has 4 N–H and O–H groups in total. The molecule has 0 fully saturated rings. The van der Waals surface area contributed by atoms with Crippen molar-refractivity contribution in [2.45, 2.75) is 12.8 Å². The predicted molar refractivity (Wildman–Crippen MR) is 38.4 cm³/mol. The zero-order valence-corrected chi connectivity index (χ0v) is 5.97. The first kappa shape index (κ1) is 9.39. The van der Waals surface area contributed by atoms with Gasteiger partial charge in [-0.2, -0.15) is 0 Å². The van der Waals surface area contributed by atoms with Crippen LogP contribution in [-0.2, 0) is 4.79 Å². The third-order valence-corrected chi connectivity index (χ3v) is 1.04. The SMILES string of the molecule is NCCCNC(=O)CCO. The first-order valence-corrected chi connectivity index (χ1v) is 3.39. The van der Waals surface area contributed by atoms with Gasteiger partial charge in [-0.1, -0.05) is 0 Å². The van der Waals surface area contributed by atoms with E-state index in [4.69, 9.17) is 10.8 Å². The summed E-state index contributed by atoms with van der Waals surface area (Å²) in [4.78, 5) is 10.6. The molecule has 0 aromatic carbocycles. The number of aliphatic hydroxyl groups excluding tert-OH is 1. The predicted octanol–water partition coefficient (Wildman–Crippen LogP) is -1.17. The Morgan fingerprint density at radius 1 is 1.60 bits per heavy atom. The summed E-state index contributed by atoms with van der Waals surface area (Å²) in [6.45, 7) is 1.10. The molecular weight excluding hydrogens is 132 g/mol. The first-order valence-electron chi connectivity index (χ1n) is 3.39. The van der Waals surface area contributed by atoms with Gasteiger partial charge in [-0.25, -0.2) is 0 Å². The Morgan fingerprint density at radius 3 is 2.80 bits per heavy atom. The second-order valence-electron chi connectivity index (χ2n) is 1.97. The van der Waals surface area contributed by atoms with Crippen molar-refractivity contribution in [2.75, 3.05) is 19.7 Å². The van der Waals surface area contributed by atoms with E-state index in [-0.39, 0.29) is 18.9 Å². The molecule has 4 heteroatoms. The van der Waals surface area contributed by atoms with Crippen LogP contribution in [0.15, 0.2) is 0 Å². The molecule has 0 aliphatic carbocycles. The van der Waals surface area contributed by atoms with E-state index < -0.39 is 0 Å². The fraction of sp³-hybridized carbons (Fsp3) is 0.833. The molecule has 0 radical (unpaired) electrons. The third-order valence-electron chi connectivity index (χ3n) is 1.04. The molecule has 0 saturated heterocycles. The minimum absolute atomic E-state index is 0.0888. The highest BCUT2D eigenvalue weighted by Gasteiger charge is 1.96. The van der Waals surface area contributed by atoms with Gasteiger partial charge in [-0.3, -0.25) is 4.79 Å². The van der Waals surface area contributed by atoms with Gasteiger partial charge in [0.15, 0.2) is 0 Å². The van der Waals surface area contributed by atoms with Gasteiger partial charge < -0.3 is 16.2 Å². The average Bonchev–Trinajstić information content (AvgIpc) is 1.89. The maximum Gasteiger partial charge on any atom is 0.222 e. The molecule has 0 saturated carbocycles. The van der Waals surface area contributed by atoms with Gasteiger partial charge in [0.25, 0.3) is 0 Å². The van der Waals surface area contributed by atoms with E-state index in [0.29, 0.717) is 13.1 Å². The lowest BCUT2D eigenvalue weighted by Gasteiger charge is -2.00. The highest BCUT2D eigenvalue weighted by molar-refractivity contribution is 5.75. The van der Waals surface area contributed by atoms with Gasteiger partial charge in [0, 0.05) is 13.0 Å². The van der Waals surface area contributed by atoms with Crippen molar-refractivity contribution in [2.24, 2.45) is 5.73 Å². The number of rotatable bonds is 5. The van der Waals surface area contributed by atoms with Crippen LogP contribution in [0, 0.1) is 0 Å². The lowest BCUT2D eigenvalue weighted by molar-refractivity contribution is -0.121. The second-order valence-corrected chi connectivity index (χ2v) is 1.97. The summed E-state index contributed by atoms with van der Waals surface area (Å²) in [5.74, 6) is -0.115. The summed E-state index contributed by atoms with van der Waals surface area (Å²) in [5, 5.41) is 10.9. The van der Waals surface area contributed by atoms with Gasteiger partial charge in [0.1, 0.15) is 0 Å². The van der Waals surface area contributed by atoms with Crippen LogP contribution in [0.5, 0.6) is 0 Å². The van der Waals surface area contributed by atoms with Crippen molar-refractivity contribution in [3.05, 3.63) is 0 Å². The van der Waals surface area contributed by atoms with E-state index in [9.17, 15) is 4.79 Å². The van der Waals surface area contributed by atoms with Crippen LogP contribution in [-0.4, -0.2) is 30.7 Å². The zero-order chi connectivity index (χ0) is 7.82. The summed E-state index contributed by atoms with van der Waals surface area (Å²) in [5.41, 5.74) is 5.19. The van der Waals surface area contributed by atoms with Crippen molar-refractivity contribution < 1.29 is 9.90 Å². The number of nitrogens with two attached hydrogens (primary N) is 1. The molecule has 0 unspecified atom stereocenters. The monoisotopic (exact) mass is 146 g/mol. The first-order chi connectivity index (χ1) is 4.81. The van der Waals surface area contributed by atoms with Crippen LogP contribution >= 0.6 is 0 Å². The molecule has 0 aromatic rings. The Balaban J connectivity index is 3.05. The molecular formula is C6H14N2O2. The molecule has 0 aliphatic rings. The van der Waals surface area contributed by atoms with Gasteiger partial charge in [-0.15, -0.1) is 0 Å². The molecule has 10 heavy (non-hydrogen) atoms. The molecule has 4 nitrogen and oxygen atoms in total. The largest absolute Gasteiger partial charge is 0.396 e. The fourth-order valence-electron chi connectivity index (χ4n) is 0.520. The summed E-state index contributed by atoms with van der Waals surface area (Å²) >= 11 is 0. The van der Waals surface area contributed by atoms with Crippen molar-refractivity contribution in [3.63, 3.8) is 0 Å². The van der Waals surface area contributed by atoms with Crippen LogP contribution in [0.3, 0.4) is 0 Å². The van der Waals surface area contributed by atoms with Crippen molar-refractivity contribution in [3.8, 4) is 0 Å². The molecule has 0 rings (SSSR count). The van der Waals surface area contributed by atoms with E-state index >= 15 is 0 Å². The third kappa shape index (κ3) is 5.53. The maximum atomic E-state index is 10.6. The molecule has 0 aliphatic heterocycles. The van der Waals surface area contributed by atoms with Crippen LogP contribution in [0.2, 0.25) is 0 Å². The van der Waals surface area contributed by atoms with E-state index in [0.717, 1.165) is 6.42 Å². The average molecular weight is 146 g/mol. The Bertz CT molecular complexity index is 95.7. The quantitative estimate of drug-likeness (QED) is 0.428. The van der Waals surface area contributed by atoms with E-state index in [2.05, 4.69) is 5.32 Å². The lowest BCUT2D eigenvalue weighted by Crippen LogP contribution is -2.26. The van der Waals surface area contributed by atoms with Gasteiger partial charge in [0.2, 0.25) is 5.91 Å². The van der Waals surface area contributed by atoms with Gasteiger partial charge >= 0.3 is 0 Å². The summed E-state index contributed by atoms with van der Waals surface area (Å²) in [6.07, 6.45) is 0.974. The van der Waals surface area contributed by atoms with Crippen LogP contribution < -0.4 is 11.1 Å². The standard InChI is InChI=1S/C6H14N2O2/c7-3-1-4-8-6(10)2-5-9/h9H,1-5,7H2,(H,8,10). The normalized spacial score (nSPS) is 9.40. The topological polar surface area (TPSA) is 75.3 Å². The molecule has 1 amide bonds. The number of carbonyl (C=O) groups is 1. The number of amides is 1. The molecule has 0 spiro atoms. The summed E-state index contributed by atoms with van der Waals surface area (Å²) < 4.78 is 0. The Morgan fingerprint density at radius 2 is 2.30 bits per heavy atom. The Hall–Kier alpha value is -0.610. The van der Waals surface area contributed by atoms with Crippen molar-refractivity contribution in [1.29, 1.82) is 0 Å². The highest BCUT2D eigenvalue weighted by Crippen LogP contribution is 1.76. The smallest absolute Gasteiger partial charge is 0.222 e. The summed E-state index contributed by atoms with van der Waals surface area (Å²) in [6, 6.07) is 0. The molecule has 0 atom stereocenters. The van der Waals surface area contributed by atoms with Crippen molar-refractivity contribution >= 4 is 5.91 Å². The number of carbonyl (C=O) groups excluding carboxylic acids is 1. The molecule has 0 aromatic heterocycles. The summed E-state index contributed by atoms with van der Waals surface area (Å²) in [7, 11) is 0. The number of hydrogen-bond donors (Lipinski definition) is 3. The van der Waals surface area contributed by atoms with E-state index in [1.54, 1.807) is 0 Å². The molecule has 0 heterocycles. The lowest BCUT2D eigenvalue weighted by atomic mass is 10.4. The Kier molecular flexibility index (Phi) is 6.11. The van der Waals surface area contributed by atoms with Gasteiger partial charge in [0.05, 0.1) is 6.61 Å².